The van der Waals surface area contributed by atoms with E-state index in [1.807, 2.05) is 60.7 Å². The van der Waals surface area contributed by atoms with Crippen LogP contribution in [-0.2, 0) is 28.1 Å². The van der Waals surface area contributed by atoms with Crippen LogP contribution < -0.4 is 9.80 Å². The van der Waals surface area contributed by atoms with E-state index in [9.17, 15) is 33.1 Å². The summed E-state index contributed by atoms with van der Waals surface area (Å²) in [7, 11) is 0. The van der Waals surface area contributed by atoms with E-state index in [1.54, 1.807) is 64.4 Å². The van der Waals surface area contributed by atoms with E-state index < -0.39 is 17.4 Å². The molecule has 0 saturated heterocycles. The van der Waals surface area contributed by atoms with Crippen LogP contribution in [0, 0.1) is 11.6 Å². The zero-order valence-corrected chi connectivity index (χ0v) is 31.4. The average Bonchev–Trinajstić information content (AvgIpc) is 4.18. The molecule has 6 aromatic rings. The number of rotatable bonds is 10. The summed E-state index contributed by atoms with van der Waals surface area (Å²) in [4.78, 5) is 50.8. The predicted octanol–water partition coefficient (Wildman–Crippen LogP) is 9.75. The van der Waals surface area contributed by atoms with Gasteiger partial charge in [-0.15, -0.1) is 0 Å². The van der Waals surface area contributed by atoms with Crippen LogP contribution in [0.2, 0.25) is 0 Å². The third-order valence-electron chi connectivity index (χ3n) is 10.7. The van der Waals surface area contributed by atoms with E-state index in [1.165, 1.54) is 35.9 Å². The Hall–Kier alpha value is -6.94. The Morgan fingerprint density at radius 1 is 0.707 bits per heavy atom. The van der Waals surface area contributed by atoms with Crippen molar-refractivity contribution in [3.63, 3.8) is 0 Å². The van der Waals surface area contributed by atoms with Crippen LogP contribution in [0.4, 0.5) is 20.2 Å². The lowest BCUT2D eigenvalue weighted by molar-refractivity contribution is -0.120. The minimum atomic E-state index is -0.996. The smallest absolute Gasteiger partial charge is 0.335 e. The maximum Gasteiger partial charge on any atom is 0.335 e. The van der Waals surface area contributed by atoms with Crippen molar-refractivity contribution in [2.45, 2.75) is 49.6 Å². The van der Waals surface area contributed by atoms with Crippen molar-refractivity contribution in [1.82, 2.24) is 0 Å². The third kappa shape index (κ3) is 8.56. The van der Waals surface area contributed by atoms with E-state index >= 15 is 0 Å². The Morgan fingerprint density at radius 2 is 1.31 bits per heavy atom. The second-order valence-electron chi connectivity index (χ2n) is 14.6. The highest BCUT2D eigenvalue weighted by molar-refractivity contribution is 6.11. The first-order valence-electron chi connectivity index (χ1n) is 18.9. The molecule has 2 fully saturated rings. The lowest BCUT2D eigenvalue weighted by Crippen LogP contribution is -2.32. The van der Waals surface area contributed by atoms with E-state index in [0.29, 0.717) is 25.4 Å². The van der Waals surface area contributed by atoms with Gasteiger partial charge in [0.25, 0.3) is 0 Å². The summed E-state index contributed by atoms with van der Waals surface area (Å²) in [5, 5.41) is 18.3. The molecule has 2 saturated carbocycles. The van der Waals surface area contributed by atoms with Gasteiger partial charge in [0.2, 0.25) is 12.3 Å². The van der Waals surface area contributed by atoms with E-state index in [0.717, 1.165) is 52.9 Å². The molecule has 1 spiro atoms. The van der Waals surface area contributed by atoms with Crippen molar-refractivity contribution in [1.29, 1.82) is 0 Å². The van der Waals surface area contributed by atoms with Gasteiger partial charge in [-0.2, -0.15) is 0 Å². The number of amides is 2. The molecule has 0 bridgehead atoms. The van der Waals surface area contributed by atoms with E-state index in [2.05, 4.69) is 6.07 Å². The molecule has 0 aromatic heterocycles. The number of para-hydroxylation sites is 2. The maximum absolute atomic E-state index is 13.7. The van der Waals surface area contributed by atoms with Gasteiger partial charge in [-0.05, 0) is 114 Å². The molecule has 1 heterocycles. The topological polar surface area (TPSA) is 115 Å². The summed E-state index contributed by atoms with van der Waals surface area (Å²) in [6.45, 7) is 0.670. The number of hydrogen-bond acceptors (Lipinski definition) is 4. The zero-order valence-electron chi connectivity index (χ0n) is 31.4. The fraction of sp³-hybridized carbons (Fsp3) is 0.167. The average molecular weight is 779 g/mol. The highest BCUT2D eigenvalue weighted by Crippen LogP contribution is 2.66. The number of carboxylic acids is 2. The first-order valence-corrected chi connectivity index (χ1v) is 18.9. The van der Waals surface area contributed by atoms with Crippen LogP contribution in [0.25, 0.3) is 0 Å². The molecule has 0 radical (unpaired) electrons. The molecular formula is C48H40F2N2O6. The molecule has 292 valence electrons. The summed E-state index contributed by atoms with van der Waals surface area (Å²) in [6, 6.07) is 43.4. The predicted molar refractivity (Wildman–Crippen MR) is 217 cm³/mol. The molecule has 3 aliphatic rings. The van der Waals surface area contributed by atoms with Crippen molar-refractivity contribution < 1.29 is 38.2 Å². The van der Waals surface area contributed by atoms with Crippen molar-refractivity contribution >= 4 is 35.6 Å². The highest BCUT2D eigenvalue weighted by atomic mass is 19.1. The summed E-state index contributed by atoms with van der Waals surface area (Å²) in [5.41, 5.74) is 6.10. The fourth-order valence-electron chi connectivity index (χ4n) is 7.70. The van der Waals surface area contributed by atoms with Crippen molar-refractivity contribution in [3.8, 4) is 0 Å². The minimum Gasteiger partial charge on any atom is -0.478 e. The molecule has 9 rings (SSSR count). The van der Waals surface area contributed by atoms with Gasteiger partial charge >= 0.3 is 11.9 Å². The van der Waals surface area contributed by atoms with E-state index in [-0.39, 0.29) is 34.6 Å². The maximum atomic E-state index is 13.7. The number of anilines is 2. The van der Waals surface area contributed by atoms with Gasteiger partial charge in [0, 0.05) is 17.3 Å². The third-order valence-corrected chi connectivity index (χ3v) is 10.7. The molecule has 58 heavy (non-hydrogen) atoms. The lowest BCUT2D eigenvalue weighted by atomic mass is 9.92. The van der Waals surface area contributed by atoms with Crippen LogP contribution in [-0.4, -0.2) is 34.5 Å². The quantitative estimate of drug-likeness (QED) is 0.134. The first kappa shape index (κ1) is 39.3. The SMILES string of the molecule is Fc1ccccc1.O=C(O)c1cccc(CN2C(=O)[C@@]3(CC3c3cccc(F)c3)c3ccccc32)c1.O=CN(Cc1cccc(C(=O)O)c1)c1ccccc1C1CC1. The van der Waals surface area contributed by atoms with Gasteiger partial charge < -0.3 is 20.0 Å². The molecule has 1 unspecified atom stereocenters. The number of benzene rings is 6. The normalized spacial score (nSPS) is 17.2. The molecule has 6 aromatic carbocycles. The summed E-state index contributed by atoms with van der Waals surface area (Å²) < 4.78 is 25.7. The van der Waals surface area contributed by atoms with Gasteiger partial charge in [0.15, 0.2) is 0 Å². The molecule has 1 aliphatic heterocycles. The summed E-state index contributed by atoms with van der Waals surface area (Å²) >= 11 is 0. The van der Waals surface area contributed by atoms with Crippen LogP contribution in [0.3, 0.4) is 0 Å². The second-order valence-corrected chi connectivity index (χ2v) is 14.6. The van der Waals surface area contributed by atoms with Gasteiger partial charge in [-0.3, -0.25) is 9.59 Å². The van der Waals surface area contributed by atoms with E-state index in [4.69, 9.17) is 5.11 Å². The molecular weight excluding hydrogens is 739 g/mol. The minimum absolute atomic E-state index is 0.00584. The van der Waals surface area contributed by atoms with Gasteiger partial charge in [-0.25, -0.2) is 18.4 Å². The standard InChI is InChI=1S/C24H18FNO3.C18H17NO3.C6H5F/c25-18-8-4-6-16(12-18)20-13-24(20)19-9-1-2-10-21(19)26(23(24)29)14-15-5-3-7-17(11-15)22(27)28;20-12-19(11-13-4-3-5-15(10-13)18(21)22)17-7-2-1-6-16(17)14-8-9-14;7-6-4-2-1-3-5-6/h1-12,20H,13-14H2,(H,27,28);1-7,10,12,14H,8-9,11H2,(H,21,22);1-5H/t20?,24-;;/m0../s1. The van der Waals surface area contributed by atoms with Gasteiger partial charge in [0.1, 0.15) is 11.6 Å². The molecule has 2 amide bonds. The molecule has 2 aliphatic carbocycles. The highest BCUT2D eigenvalue weighted by Gasteiger charge is 2.67. The Labute approximate surface area is 334 Å². The van der Waals surface area contributed by atoms with Crippen LogP contribution >= 0.6 is 0 Å². The summed E-state index contributed by atoms with van der Waals surface area (Å²) in [6.07, 6.45) is 3.79. The second kappa shape index (κ2) is 17.1. The summed E-state index contributed by atoms with van der Waals surface area (Å²) in [5.74, 6) is -1.95. The Kier molecular flexibility index (Phi) is 11.6. The number of carboxylic acid groups (broad SMARTS) is 2. The Balaban J connectivity index is 0.000000155. The van der Waals surface area contributed by atoms with Crippen molar-refractivity contribution in [3.05, 3.63) is 202 Å². The largest absolute Gasteiger partial charge is 0.478 e. The van der Waals surface area contributed by atoms with Crippen molar-refractivity contribution in [2.24, 2.45) is 0 Å². The Morgan fingerprint density at radius 3 is 1.95 bits per heavy atom. The number of carbonyl (C=O) groups is 4. The number of aromatic carboxylic acids is 2. The zero-order chi connectivity index (χ0) is 40.8. The van der Waals surface area contributed by atoms with Crippen LogP contribution in [0.15, 0.2) is 152 Å². The first-order chi connectivity index (χ1) is 28.1. The molecule has 2 N–H and O–H groups in total. The number of nitrogens with zero attached hydrogens (tertiary/aromatic N) is 2. The van der Waals surface area contributed by atoms with Crippen molar-refractivity contribution in [2.75, 3.05) is 9.80 Å². The fourth-order valence-corrected chi connectivity index (χ4v) is 7.70. The molecule has 10 heteroatoms. The van der Waals surface area contributed by atoms with Crippen LogP contribution in [0.1, 0.15) is 79.6 Å². The number of halogens is 2. The monoisotopic (exact) mass is 778 g/mol. The van der Waals surface area contributed by atoms with Gasteiger partial charge in [0.05, 0.1) is 29.6 Å². The van der Waals surface area contributed by atoms with Crippen LogP contribution in [0.5, 0.6) is 0 Å². The number of hydrogen-bond donors (Lipinski definition) is 2. The number of carbonyl (C=O) groups excluding carboxylic acids is 2. The van der Waals surface area contributed by atoms with Gasteiger partial charge in [-0.1, -0.05) is 91.0 Å². The molecule has 8 nitrogen and oxygen atoms in total. The number of fused-ring (bicyclic) bond motifs is 2. The lowest BCUT2D eigenvalue weighted by Gasteiger charge is -2.21. The molecule has 2 atom stereocenters. The Bertz CT molecular complexity index is 2470.